The van der Waals surface area contributed by atoms with Crippen LogP contribution in [0.5, 0.6) is 0 Å². The molecule has 0 saturated carbocycles. The van der Waals surface area contributed by atoms with Gasteiger partial charge in [0.15, 0.2) is 0 Å². The minimum Gasteiger partial charge on any atom is -0.394 e. The summed E-state index contributed by atoms with van der Waals surface area (Å²) in [7, 11) is 0. The Morgan fingerprint density at radius 3 is 2.75 bits per heavy atom. The summed E-state index contributed by atoms with van der Waals surface area (Å²) >= 11 is 0. The van der Waals surface area contributed by atoms with Crippen LogP contribution in [-0.4, -0.2) is 43.5 Å². The first-order valence-corrected chi connectivity index (χ1v) is 5.99. The second-order valence-electron chi connectivity index (χ2n) is 4.20. The molecular weight excluding hydrogens is 208 g/mol. The van der Waals surface area contributed by atoms with Crippen LogP contribution in [0.25, 0.3) is 0 Å². The predicted octanol–water partition coefficient (Wildman–Crippen LogP) is 0.483. The zero-order chi connectivity index (χ0) is 11.8. The summed E-state index contributed by atoms with van der Waals surface area (Å²) in [4.78, 5) is 11.4. The van der Waals surface area contributed by atoms with Gasteiger partial charge in [0.25, 0.3) is 0 Å². The molecule has 0 spiro atoms. The third-order valence-electron chi connectivity index (χ3n) is 2.94. The fourth-order valence-corrected chi connectivity index (χ4v) is 1.70. The maximum absolute atomic E-state index is 11.4. The van der Waals surface area contributed by atoms with Crippen LogP contribution < -0.4 is 10.6 Å². The van der Waals surface area contributed by atoms with Crippen LogP contribution in [-0.2, 0) is 4.74 Å². The topological polar surface area (TPSA) is 70.6 Å². The lowest BCUT2D eigenvalue weighted by molar-refractivity contribution is 0.0668. The van der Waals surface area contributed by atoms with Crippen molar-refractivity contribution in [3.05, 3.63) is 0 Å². The SMILES string of the molecule is CCC(CO)NC(=O)NCC1CCOCC1. The fraction of sp³-hybridized carbons (Fsp3) is 0.909. The van der Waals surface area contributed by atoms with E-state index in [0.29, 0.717) is 12.5 Å². The molecule has 1 aliphatic rings. The number of hydrogen-bond donors (Lipinski definition) is 3. The molecule has 1 saturated heterocycles. The molecule has 16 heavy (non-hydrogen) atoms. The normalized spacial score (nSPS) is 19.1. The quantitative estimate of drug-likeness (QED) is 0.643. The van der Waals surface area contributed by atoms with E-state index < -0.39 is 0 Å². The van der Waals surface area contributed by atoms with Gasteiger partial charge in [-0.15, -0.1) is 0 Å². The number of amides is 2. The molecule has 94 valence electrons. The predicted molar refractivity (Wildman–Crippen MR) is 61.2 cm³/mol. The highest BCUT2D eigenvalue weighted by Gasteiger charge is 2.15. The molecular formula is C11H22N2O3. The van der Waals surface area contributed by atoms with Crippen LogP contribution in [0.1, 0.15) is 26.2 Å². The van der Waals surface area contributed by atoms with Gasteiger partial charge < -0.3 is 20.5 Å². The summed E-state index contributed by atoms with van der Waals surface area (Å²) in [5.74, 6) is 0.522. The van der Waals surface area contributed by atoms with Crippen molar-refractivity contribution in [2.24, 2.45) is 5.92 Å². The highest BCUT2D eigenvalue weighted by atomic mass is 16.5. The van der Waals surface area contributed by atoms with Crippen molar-refractivity contribution in [3.63, 3.8) is 0 Å². The molecule has 1 aliphatic heterocycles. The Morgan fingerprint density at radius 1 is 1.50 bits per heavy atom. The lowest BCUT2D eigenvalue weighted by Crippen LogP contribution is -2.45. The highest BCUT2D eigenvalue weighted by Crippen LogP contribution is 2.12. The van der Waals surface area contributed by atoms with Gasteiger partial charge in [0.2, 0.25) is 0 Å². The molecule has 0 aromatic carbocycles. The molecule has 2 amide bonds. The van der Waals surface area contributed by atoms with Crippen molar-refractivity contribution in [2.45, 2.75) is 32.2 Å². The summed E-state index contributed by atoms with van der Waals surface area (Å²) in [5, 5.41) is 14.5. The Hall–Kier alpha value is -0.810. The lowest BCUT2D eigenvalue weighted by atomic mass is 10.0. The maximum Gasteiger partial charge on any atom is 0.315 e. The monoisotopic (exact) mass is 230 g/mol. The van der Waals surface area contributed by atoms with Gasteiger partial charge in [0.1, 0.15) is 0 Å². The molecule has 0 aromatic heterocycles. The maximum atomic E-state index is 11.4. The zero-order valence-electron chi connectivity index (χ0n) is 9.87. The van der Waals surface area contributed by atoms with Crippen molar-refractivity contribution in [1.82, 2.24) is 10.6 Å². The van der Waals surface area contributed by atoms with E-state index in [0.717, 1.165) is 32.5 Å². The van der Waals surface area contributed by atoms with E-state index >= 15 is 0 Å². The second kappa shape index (κ2) is 7.46. The van der Waals surface area contributed by atoms with Crippen molar-refractivity contribution in [3.8, 4) is 0 Å². The van der Waals surface area contributed by atoms with Crippen molar-refractivity contribution in [2.75, 3.05) is 26.4 Å². The molecule has 1 fully saturated rings. The molecule has 0 aliphatic carbocycles. The van der Waals surface area contributed by atoms with Crippen LogP contribution in [0.3, 0.4) is 0 Å². The van der Waals surface area contributed by atoms with Gasteiger partial charge in [-0.25, -0.2) is 4.79 Å². The van der Waals surface area contributed by atoms with Crippen LogP contribution in [0, 0.1) is 5.92 Å². The Kier molecular flexibility index (Phi) is 6.18. The molecule has 0 radical (unpaired) electrons. The van der Waals surface area contributed by atoms with Crippen LogP contribution in [0.4, 0.5) is 4.79 Å². The van der Waals surface area contributed by atoms with Gasteiger partial charge >= 0.3 is 6.03 Å². The van der Waals surface area contributed by atoms with E-state index in [1.165, 1.54) is 0 Å². The smallest absolute Gasteiger partial charge is 0.315 e. The number of nitrogens with one attached hydrogen (secondary N) is 2. The summed E-state index contributed by atoms with van der Waals surface area (Å²) in [6, 6.07) is -0.331. The summed E-state index contributed by atoms with van der Waals surface area (Å²) in [5.41, 5.74) is 0. The first-order chi connectivity index (χ1) is 7.76. The zero-order valence-corrected chi connectivity index (χ0v) is 9.87. The molecule has 1 unspecified atom stereocenters. The number of rotatable bonds is 5. The molecule has 3 N–H and O–H groups in total. The Labute approximate surface area is 96.6 Å². The van der Waals surface area contributed by atoms with E-state index in [4.69, 9.17) is 9.84 Å². The minimum absolute atomic E-state index is 0.0127. The van der Waals surface area contributed by atoms with E-state index in [9.17, 15) is 4.79 Å². The largest absolute Gasteiger partial charge is 0.394 e. The number of carbonyl (C=O) groups is 1. The van der Waals surface area contributed by atoms with Crippen LogP contribution in [0.2, 0.25) is 0 Å². The van der Waals surface area contributed by atoms with Crippen LogP contribution >= 0.6 is 0 Å². The fourth-order valence-electron chi connectivity index (χ4n) is 1.70. The average Bonchev–Trinajstić information content (AvgIpc) is 2.34. The van der Waals surface area contributed by atoms with E-state index in [-0.39, 0.29) is 18.7 Å². The standard InChI is InChI=1S/C11H22N2O3/c1-2-10(8-14)13-11(15)12-7-9-3-5-16-6-4-9/h9-10,14H,2-8H2,1H3,(H2,12,13,15). The Bertz CT molecular complexity index is 201. The van der Waals surface area contributed by atoms with Crippen molar-refractivity contribution in [1.29, 1.82) is 0 Å². The van der Waals surface area contributed by atoms with Gasteiger partial charge in [-0.1, -0.05) is 6.92 Å². The van der Waals surface area contributed by atoms with E-state index in [2.05, 4.69) is 10.6 Å². The molecule has 0 bridgehead atoms. The number of ether oxygens (including phenoxy) is 1. The number of carbonyl (C=O) groups excluding carboxylic acids is 1. The molecule has 1 atom stereocenters. The van der Waals surface area contributed by atoms with E-state index in [1.54, 1.807) is 0 Å². The van der Waals surface area contributed by atoms with Gasteiger partial charge in [-0.2, -0.15) is 0 Å². The van der Waals surface area contributed by atoms with Gasteiger partial charge in [0.05, 0.1) is 12.6 Å². The molecule has 5 heteroatoms. The summed E-state index contributed by atoms with van der Waals surface area (Å²) in [6.45, 7) is 4.20. The number of urea groups is 1. The average molecular weight is 230 g/mol. The van der Waals surface area contributed by atoms with Crippen molar-refractivity contribution < 1.29 is 14.6 Å². The molecule has 1 rings (SSSR count). The number of hydrogen-bond acceptors (Lipinski definition) is 3. The Balaban J connectivity index is 2.13. The molecule has 5 nitrogen and oxygen atoms in total. The van der Waals surface area contributed by atoms with Gasteiger partial charge in [-0.3, -0.25) is 0 Å². The number of aliphatic hydroxyl groups is 1. The van der Waals surface area contributed by atoms with Gasteiger partial charge in [-0.05, 0) is 25.2 Å². The summed E-state index contributed by atoms with van der Waals surface area (Å²) in [6.07, 6.45) is 2.76. The first kappa shape index (κ1) is 13.3. The third kappa shape index (κ3) is 4.81. The lowest BCUT2D eigenvalue weighted by Gasteiger charge is -2.23. The molecule has 1 heterocycles. The van der Waals surface area contributed by atoms with Crippen LogP contribution in [0.15, 0.2) is 0 Å². The minimum atomic E-state index is -0.188. The van der Waals surface area contributed by atoms with E-state index in [1.807, 2.05) is 6.92 Å². The highest BCUT2D eigenvalue weighted by molar-refractivity contribution is 5.74. The van der Waals surface area contributed by atoms with Crippen molar-refractivity contribution >= 4 is 6.03 Å². The van der Waals surface area contributed by atoms with Gasteiger partial charge in [0, 0.05) is 19.8 Å². The second-order valence-corrected chi connectivity index (χ2v) is 4.20. The third-order valence-corrected chi connectivity index (χ3v) is 2.94. The summed E-state index contributed by atoms with van der Waals surface area (Å²) < 4.78 is 5.24. The molecule has 0 aromatic rings. The Morgan fingerprint density at radius 2 is 2.19 bits per heavy atom. The number of aliphatic hydroxyl groups excluding tert-OH is 1. The first-order valence-electron chi connectivity index (χ1n) is 5.99.